The average Bonchev–Trinajstić information content (AvgIpc) is 3.13. The van der Waals surface area contributed by atoms with Gasteiger partial charge in [0.2, 0.25) is 5.91 Å². The Labute approximate surface area is 176 Å². The van der Waals surface area contributed by atoms with Crippen molar-refractivity contribution in [3.8, 4) is 17.2 Å². The summed E-state index contributed by atoms with van der Waals surface area (Å²) in [5.41, 5.74) is 1.81. The molecule has 1 unspecified atom stereocenters. The molecule has 0 aromatic heterocycles. The fourth-order valence-electron chi connectivity index (χ4n) is 3.41. The molecule has 1 aliphatic heterocycles. The zero-order valence-electron chi connectivity index (χ0n) is 17.4. The van der Waals surface area contributed by atoms with E-state index in [2.05, 4.69) is 10.6 Å². The first kappa shape index (κ1) is 21.3. The van der Waals surface area contributed by atoms with E-state index in [1.807, 2.05) is 42.5 Å². The van der Waals surface area contributed by atoms with Gasteiger partial charge in [-0.3, -0.25) is 4.79 Å². The number of nitrogens with one attached hydrogen (secondary N) is 2. The summed E-state index contributed by atoms with van der Waals surface area (Å²) in [5.74, 6) is 2.03. The minimum absolute atomic E-state index is 0.0178. The lowest BCUT2D eigenvalue weighted by molar-refractivity contribution is -0.117. The number of ether oxygens (including phenoxy) is 3. The first-order chi connectivity index (χ1) is 14.5. The standard InChI is InChI=1S/C22H27N3O5/c1-28-18-7-5-17(6-8-18)25-14-16(13-21(25)26)24-22(27)23-11-10-15-4-9-19(29-2)20(12-15)30-3/h4-9,12,16H,10-11,13-14H2,1-3H3,(H2,23,24,27). The van der Waals surface area contributed by atoms with Gasteiger partial charge in [-0.1, -0.05) is 6.07 Å². The molecule has 8 nitrogen and oxygen atoms in total. The maximum absolute atomic E-state index is 12.3. The molecule has 1 aliphatic rings. The Morgan fingerprint density at radius 3 is 2.43 bits per heavy atom. The SMILES string of the molecule is COc1ccc(N2CC(NC(=O)NCCc3ccc(OC)c(OC)c3)CC2=O)cc1. The number of urea groups is 1. The molecule has 1 fully saturated rings. The molecule has 2 aromatic rings. The minimum Gasteiger partial charge on any atom is -0.497 e. The van der Waals surface area contributed by atoms with Gasteiger partial charge in [-0.25, -0.2) is 4.79 Å². The number of hydrogen-bond donors (Lipinski definition) is 2. The fraction of sp³-hybridized carbons (Fsp3) is 0.364. The van der Waals surface area contributed by atoms with Crippen molar-refractivity contribution >= 4 is 17.6 Å². The van der Waals surface area contributed by atoms with Crippen molar-refractivity contribution in [2.45, 2.75) is 18.9 Å². The molecule has 1 saturated heterocycles. The molecular weight excluding hydrogens is 386 g/mol. The Kier molecular flexibility index (Phi) is 7.00. The summed E-state index contributed by atoms with van der Waals surface area (Å²) in [6, 6.07) is 12.4. The van der Waals surface area contributed by atoms with E-state index in [0.29, 0.717) is 31.0 Å². The second-order valence-electron chi connectivity index (χ2n) is 6.94. The van der Waals surface area contributed by atoms with Crippen LogP contribution in [0.3, 0.4) is 0 Å². The van der Waals surface area contributed by atoms with E-state index in [0.717, 1.165) is 17.0 Å². The van der Waals surface area contributed by atoms with E-state index in [4.69, 9.17) is 14.2 Å². The number of carbonyl (C=O) groups is 2. The predicted octanol–water partition coefficient (Wildman–Crippen LogP) is 2.36. The lowest BCUT2D eigenvalue weighted by Gasteiger charge is -2.18. The number of methoxy groups -OCH3 is 3. The van der Waals surface area contributed by atoms with Gasteiger partial charge in [0.1, 0.15) is 5.75 Å². The molecule has 160 valence electrons. The normalized spacial score (nSPS) is 15.6. The highest BCUT2D eigenvalue weighted by molar-refractivity contribution is 5.96. The van der Waals surface area contributed by atoms with Gasteiger partial charge in [0.25, 0.3) is 0 Å². The predicted molar refractivity (Wildman–Crippen MR) is 114 cm³/mol. The average molecular weight is 413 g/mol. The molecule has 1 heterocycles. The first-order valence-electron chi connectivity index (χ1n) is 9.73. The molecule has 2 N–H and O–H groups in total. The number of anilines is 1. The Hall–Kier alpha value is -3.42. The zero-order chi connectivity index (χ0) is 21.5. The molecule has 1 atom stereocenters. The highest BCUT2D eigenvalue weighted by Gasteiger charge is 2.31. The molecule has 0 saturated carbocycles. The summed E-state index contributed by atoms with van der Waals surface area (Å²) >= 11 is 0. The van der Waals surface area contributed by atoms with Crippen LogP contribution in [0, 0.1) is 0 Å². The van der Waals surface area contributed by atoms with Crippen LogP contribution in [0.15, 0.2) is 42.5 Å². The second-order valence-corrected chi connectivity index (χ2v) is 6.94. The van der Waals surface area contributed by atoms with E-state index >= 15 is 0 Å². The van der Waals surface area contributed by atoms with E-state index in [1.165, 1.54) is 0 Å². The van der Waals surface area contributed by atoms with E-state index in [9.17, 15) is 9.59 Å². The van der Waals surface area contributed by atoms with Crippen LogP contribution >= 0.6 is 0 Å². The molecule has 3 rings (SSSR count). The van der Waals surface area contributed by atoms with Gasteiger partial charge in [0, 0.05) is 25.2 Å². The Morgan fingerprint density at radius 1 is 1.03 bits per heavy atom. The third-order valence-electron chi connectivity index (χ3n) is 4.99. The molecule has 3 amide bonds. The maximum atomic E-state index is 12.3. The molecular formula is C22H27N3O5. The molecule has 0 radical (unpaired) electrons. The third kappa shape index (κ3) is 5.14. The monoisotopic (exact) mass is 413 g/mol. The summed E-state index contributed by atoms with van der Waals surface area (Å²) in [6.45, 7) is 0.901. The summed E-state index contributed by atoms with van der Waals surface area (Å²) in [7, 11) is 4.78. The molecule has 0 spiro atoms. The maximum Gasteiger partial charge on any atom is 0.315 e. The fourth-order valence-corrected chi connectivity index (χ4v) is 3.41. The number of carbonyl (C=O) groups excluding carboxylic acids is 2. The second kappa shape index (κ2) is 9.87. The van der Waals surface area contributed by atoms with E-state index in [-0.39, 0.29) is 24.4 Å². The van der Waals surface area contributed by atoms with Gasteiger partial charge in [0.15, 0.2) is 11.5 Å². The molecule has 30 heavy (non-hydrogen) atoms. The number of hydrogen-bond acceptors (Lipinski definition) is 5. The largest absolute Gasteiger partial charge is 0.497 e. The van der Waals surface area contributed by atoms with Crippen molar-refractivity contribution in [3.05, 3.63) is 48.0 Å². The summed E-state index contributed by atoms with van der Waals surface area (Å²) in [4.78, 5) is 26.2. The highest BCUT2D eigenvalue weighted by atomic mass is 16.5. The van der Waals surface area contributed by atoms with Crippen molar-refractivity contribution in [1.29, 1.82) is 0 Å². The van der Waals surface area contributed by atoms with Crippen LogP contribution in [0.4, 0.5) is 10.5 Å². The summed E-state index contributed by atoms with van der Waals surface area (Å²) in [5, 5.41) is 5.72. The topological polar surface area (TPSA) is 89.1 Å². The van der Waals surface area contributed by atoms with Crippen LogP contribution in [0.1, 0.15) is 12.0 Å². The van der Waals surface area contributed by atoms with Crippen LogP contribution < -0.4 is 29.7 Å². The summed E-state index contributed by atoms with van der Waals surface area (Å²) < 4.78 is 15.7. The minimum atomic E-state index is -0.287. The van der Waals surface area contributed by atoms with Crippen LogP contribution in [0.5, 0.6) is 17.2 Å². The van der Waals surface area contributed by atoms with E-state index < -0.39 is 0 Å². The van der Waals surface area contributed by atoms with Crippen molar-refractivity contribution in [2.24, 2.45) is 0 Å². The molecule has 2 aromatic carbocycles. The van der Waals surface area contributed by atoms with Gasteiger partial charge in [-0.2, -0.15) is 0 Å². The quantitative estimate of drug-likeness (QED) is 0.694. The molecule has 0 aliphatic carbocycles. The molecule has 8 heteroatoms. The number of benzene rings is 2. The third-order valence-corrected chi connectivity index (χ3v) is 4.99. The van der Waals surface area contributed by atoms with Crippen LogP contribution in [0.25, 0.3) is 0 Å². The highest BCUT2D eigenvalue weighted by Crippen LogP contribution is 2.27. The lowest BCUT2D eigenvalue weighted by atomic mass is 10.1. The number of nitrogens with zero attached hydrogens (tertiary/aromatic N) is 1. The van der Waals surface area contributed by atoms with Crippen molar-refractivity contribution in [2.75, 3.05) is 39.3 Å². The van der Waals surface area contributed by atoms with Crippen LogP contribution in [-0.4, -0.2) is 52.4 Å². The Bertz CT molecular complexity index is 885. The van der Waals surface area contributed by atoms with Crippen LogP contribution in [0.2, 0.25) is 0 Å². The number of amides is 3. The lowest BCUT2D eigenvalue weighted by Crippen LogP contribution is -2.43. The summed E-state index contributed by atoms with van der Waals surface area (Å²) in [6.07, 6.45) is 0.921. The van der Waals surface area contributed by atoms with Gasteiger partial charge in [-0.15, -0.1) is 0 Å². The smallest absolute Gasteiger partial charge is 0.315 e. The Morgan fingerprint density at radius 2 is 1.77 bits per heavy atom. The van der Waals surface area contributed by atoms with Gasteiger partial charge < -0.3 is 29.7 Å². The van der Waals surface area contributed by atoms with Crippen molar-refractivity contribution < 1.29 is 23.8 Å². The first-order valence-corrected chi connectivity index (χ1v) is 9.73. The van der Waals surface area contributed by atoms with Crippen LogP contribution in [-0.2, 0) is 11.2 Å². The van der Waals surface area contributed by atoms with Gasteiger partial charge in [0.05, 0.1) is 27.4 Å². The number of rotatable bonds is 8. The van der Waals surface area contributed by atoms with Crippen molar-refractivity contribution in [3.63, 3.8) is 0 Å². The van der Waals surface area contributed by atoms with Crippen molar-refractivity contribution in [1.82, 2.24) is 10.6 Å². The van der Waals surface area contributed by atoms with Gasteiger partial charge in [-0.05, 0) is 48.4 Å². The van der Waals surface area contributed by atoms with E-state index in [1.54, 1.807) is 26.2 Å². The Balaban J connectivity index is 1.46. The zero-order valence-corrected chi connectivity index (χ0v) is 17.4. The molecule has 0 bridgehead atoms. The van der Waals surface area contributed by atoms with Gasteiger partial charge >= 0.3 is 6.03 Å².